The first kappa shape index (κ1) is 18.7. The number of hydrogen-bond donors (Lipinski definition) is 1. The van der Waals surface area contributed by atoms with E-state index in [0.717, 1.165) is 36.6 Å². The maximum Gasteiger partial charge on any atom is 0.274 e. The van der Waals surface area contributed by atoms with Gasteiger partial charge in [0.15, 0.2) is 0 Å². The molecule has 1 heterocycles. The molecule has 0 fully saturated rings. The van der Waals surface area contributed by atoms with Gasteiger partial charge in [-0.05, 0) is 37.6 Å². The van der Waals surface area contributed by atoms with Gasteiger partial charge in [0.2, 0.25) is 0 Å². The molecule has 1 aromatic heterocycles. The fourth-order valence-corrected chi connectivity index (χ4v) is 2.41. The highest BCUT2D eigenvalue weighted by Gasteiger charge is 2.13. The lowest BCUT2D eigenvalue weighted by Crippen LogP contribution is -2.22. The van der Waals surface area contributed by atoms with Gasteiger partial charge in [0, 0.05) is 45.1 Å². The van der Waals surface area contributed by atoms with E-state index in [1.807, 2.05) is 50.3 Å². The molecule has 0 aliphatic carbocycles. The summed E-state index contributed by atoms with van der Waals surface area (Å²) in [4.78, 5) is 25.3. The lowest BCUT2D eigenvalue weighted by molar-refractivity contribution is 0.102. The van der Waals surface area contributed by atoms with Crippen LogP contribution >= 0.6 is 0 Å². The number of nitrogens with zero attached hydrogens (tertiary/aromatic N) is 4. The number of rotatable bonds is 7. The number of amides is 1. The molecule has 0 unspecified atom stereocenters. The molecule has 0 saturated carbocycles. The van der Waals surface area contributed by atoms with Crippen LogP contribution in [-0.2, 0) is 0 Å². The lowest BCUT2D eigenvalue weighted by Gasteiger charge is -2.18. The second-order valence-electron chi connectivity index (χ2n) is 6.33. The Bertz CT molecular complexity index is 712. The van der Waals surface area contributed by atoms with Crippen molar-refractivity contribution in [2.75, 3.05) is 42.8 Å². The van der Waals surface area contributed by atoms with E-state index < -0.39 is 0 Å². The van der Waals surface area contributed by atoms with Gasteiger partial charge < -0.3 is 15.1 Å². The molecule has 0 aliphatic rings. The van der Waals surface area contributed by atoms with Gasteiger partial charge in [-0.15, -0.1) is 0 Å². The highest BCUT2D eigenvalue weighted by molar-refractivity contribution is 6.03. The Morgan fingerprint density at radius 2 is 1.80 bits per heavy atom. The molecule has 1 aromatic carbocycles. The number of aryl methyl sites for hydroxylation is 1. The monoisotopic (exact) mass is 341 g/mol. The van der Waals surface area contributed by atoms with Gasteiger partial charge in [-0.25, -0.2) is 9.97 Å². The van der Waals surface area contributed by atoms with Crippen molar-refractivity contribution in [2.45, 2.75) is 26.7 Å². The first-order valence-electron chi connectivity index (χ1n) is 8.56. The standard InChI is InChI=1S/C19H27N5O/c1-6-7-12-24(5)18-13-17(20-14(2)21-18)19(25)22-15-8-10-16(11-9-15)23(3)4/h8-11,13H,6-7,12H2,1-5H3,(H,22,25). The molecule has 1 amide bonds. The molecule has 0 atom stereocenters. The van der Waals surface area contributed by atoms with Gasteiger partial charge in [0.1, 0.15) is 17.3 Å². The average molecular weight is 341 g/mol. The molecular weight excluding hydrogens is 314 g/mol. The van der Waals surface area contributed by atoms with Crippen molar-refractivity contribution in [3.8, 4) is 0 Å². The molecule has 0 radical (unpaired) electrons. The normalized spacial score (nSPS) is 10.4. The maximum absolute atomic E-state index is 12.5. The Morgan fingerprint density at radius 3 is 2.40 bits per heavy atom. The molecule has 1 N–H and O–H groups in total. The molecule has 25 heavy (non-hydrogen) atoms. The SMILES string of the molecule is CCCCN(C)c1cc(C(=O)Nc2ccc(N(C)C)cc2)nc(C)n1. The van der Waals surface area contributed by atoms with Crippen molar-refractivity contribution in [2.24, 2.45) is 0 Å². The van der Waals surface area contributed by atoms with Gasteiger partial charge in [-0.2, -0.15) is 0 Å². The fraction of sp³-hybridized carbons (Fsp3) is 0.421. The quantitative estimate of drug-likeness (QED) is 0.837. The number of benzene rings is 1. The van der Waals surface area contributed by atoms with Crippen LogP contribution in [-0.4, -0.2) is 43.6 Å². The van der Waals surface area contributed by atoms with E-state index in [1.165, 1.54) is 0 Å². The number of unbranched alkanes of at least 4 members (excludes halogenated alkanes) is 1. The Balaban J connectivity index is 2.14. The summed E-state index contributed by atoms with van der Waals surface area (Å²) in [6, 6.07) is 9.44. The van der Waals surface area contributed by atoms with Crippen molar-refractivity contribution < 1.29 is 4.79 Å². The fourth-order valence-electron chi connectivity index (χ4n) is 2.41. The molecule has 134 valence electrons. The summed E-state index contributed by atoms with van der Waals surface area (Å²) < 4.78 is 0. The third-order valence-electron chi connectivity index (χ3n) is 3.94. The number of carbonyl (C=O) groups is 1. The summed E-state index contributed by atoms with van der Waals surface area (Å²) in [6.45, 7) is 4.86. The molecule has 0 aliphatic heterocycles. The van der Waals surface area contributed by atoms with E-state index in [9.17, 15) is 4.79 Å². The Labute approximate surface area is 149 Å². The second kappa shape index (κ2) is 8.46. The van der Waals surface area contributed by atoms with Crippen molar-refractivity contribution >= 4 is 23.1 Å². The minimum atomic E-state index is -0.228. The number of nitrogens with one attached hydrogen (secondary N) is 1. The molecule has 6 nitrogen and oxygen atoms in total. The predicted octanol–water partition coefficient (Wildman–Crippen LogP) is 3.34. The van der Waals surface area contributed by atoms with Crippen LogP contribution in [0.2, 0.25) is 0 Å². The summed E-state index contributed by atoms with van der Waals surface area (Å²) in [5.41, 5.74) is 2.20. The van der Waals surface area contributed by atoms with Gasteiger partial charge in [0.05, 0.1) is 0 Å². The van der Waals surface area contributed by atoms with Crippen LogP contribution in [0.1, 0.15) is 36.1 Å². The van der Waals surface area contributed by atoms with Crippen LogP contribution in [0.15, 0.2) is 30.3 Å². The minimum Gasteiger partial charge on any atom is -0.378 e. The summed E-state index contributed by atoms with van der Waals surface area (Å²) >= 11 is 0. The highest BCUT2D eigenvalue weighted by atomic mass is 16.1. The Morgan fingerprint density at radius 1 is 1.12 bits per heavy atom. The molecule has 0 bridgehead atoms. The highest BCUT2D eigenvalue weighted by Crippen LogP contribution is 2.17. The molecule has 2 rings (SSSR count). The van der Waals surface area contributed by atoms with E-state index >= 15 is 0 Å². The zero-order valence-corrected chi connectivity index (χ0v) is 15.7. The average Bonchev–Trinajstić information content (AvgIpc) is 2.59. The third-order valence-corrected chi connectivity index (χ3v) is 3.94. The number of carbonyl (C=O) groups excluding carboxylic acids is 1. The Hall–Kier alpha value is -2.63. The van der Waals surface area contributed by atoms with E-state index in [0.29, 0.717) is 11.5 Å². The van der Waals surface area contributed by atoms with Crippen LogP contribution in [0.25, 0.3) is 0 Å². The van der Waals surface area contributed by atoms with E-state index in [1.54, 1.807) is 13.0 Å². The van der Waals surface area contributed by atoms with Crippen molar-refractivity contribution in [1.82, 2.24) is 9.97 Å². The van der Waals surface area contributed by atoms with Crippen LogP contribution in [0.3, 0.4) is 0 Å². The number of hydrogen-bond acceptors (Lipinski definition) is 5. The van der Waals surface area contributed by atoms with Gasteiger partial charge in [-0.1, -0.05) is 13.3 Å². The smallest absolute Gasteiger partial charge is 0.274 e. The summed E-state index contributed by atoms with van der Waals surface area (Å²) in [5, 5.41) is 2.89. The molecule has 0 spiro atoms. The van der Waals surface area contributed by atoms with Crippen LogP contribution < -0.4 is 15.1 Å². The maximum atomic E-state index is 12.5. The second-order valence-corrected chi connectivity index (χ2v) is 6.33. The van der Waals surface area contributed by atoms with Crippen molar-refractivity contribution in [3.05, 3.63) is 41.9 Å². The molecule has 6 heteroatoms. The molecule has 2 aromatic rings. The van der Waals surface area contributed by atoms with Crippen LogP contribution in [0.4, 0.5) is 17.2 Å². The largest absolute Gasteiger partial charge is 0.378 e. The van der Waals surface area contributed by atoms with E-state index in [2.05, 4.69) is 27.1 Å². The van der Waals surface area contributed by atoms with Gasteiger partial charge in [0.25, 0.3) is 5.91 Å². The summed E-state index contributed by atoms with van der Waals surface area (Å²) in [7, 11) is 5.95. The molecule has 0 saturated heterocycles. The van der Waals surface area contributed by atoms with Crippen molar-refractivity contribution in [1.29, 1.82) is 0 Å². The van der Waals surface area contributed by atoms with Crippen LogP contribution in [0, 0.1) is 6.92 Å². The topological polar surface area (TPSA) is 61.4 Å². The van der Waals surface area contributed by atoms with E-state index in [-0.39, 0.29) is 5.91 Å². The number of aromatic nitrogens is 2. The van der Waals surface area contributed by atoms with E-state index in [4.69, 9.17) is 0 Å². The summed E-state index contributed by atoms with van der Waals surface area (Å²) in [5.74, 6) is 1.14. The first-order valence-corrected chi connectivity index (χ1v) is 8.56. The molecular formula is C19H27N5O. The lowest BCUT2D eigenvalue weighted by atomic mass is 10.2. The van der Waals surface area contributed by atoms with Gasteiger partial charge in [-0.3, -0.25) is 4.79 Å². The van der Waals surface area contributed by atoms with Gasteiger partial charge >= 0.3 is 0 Å². The predicted molar refractivity (Wildman–Crippen MR) is 104 cm³/mol. The third kappa shape index (κ3) is 5.17. The van der Waals surface area contributed by atoms with Crippen molar-refractivity contribution in [3.63, 3.8) is 0 Å². The summed E-state index contributed by atoms with van der Waals surface area (Å²) in [6.07, 6.45) is 2.20. The zero-order chi connectivity index (χ0) is 18.4. The minimum absolute atomic E-state index is 0.228. The number of anilines is 3. The van der Waals surface area contributed by atoms with Crippen LogP contribution in [0.5, 0.6) is 0 Å². The first-order chi connectivity index (χ1) is 11.9. The Kier molecular flexibility index (Phi) is 6.33. The zero-order valence-electron chi connectivity index (χ0n) is 15.7.